The van der Waals surface area contributed by atoms with Crippen LogP contribution in [-0.4, -0.2) is 4.98 Å². The summed E-state index contributed by atoms with van der Waals surface area (Å²) < 4.78 is 8.68. The molecule has 0 aliphatic heterocycles. The molecule has 0 saturated carbocycles. The second-order valence-electron chi connectivity index (χ2n) is 13.2. The van der Waals surface area contributed by atoms with E-state index < -0.39 is 0 Å². The molecular formula is C49H32N2OS. The fourth-order valence-electron chi connectivity index (χ4n) is 7.31. The summed E-state index contributed by atoms with van der Waals surface area (Å²) in [4.78, 5) is 7.31. The Morgan fingerprint density at radius 1 is 0.434 bits per heavy atom. The van der Waals surface area contributed by atoms with E-state index in [-0.39, 0.29) is 0 Å². The number of anilines is 3. The first-order valence-electron chi connectivity index (χ1n) is 17.8. The normalized spacial score (nSPS) is 11.4. The monoisotopic (exact) mass is 696 g/mol. The molecule has 0 spiro atoms. The highest BCUT2D eigenvalue weighted by Gasteiger charge is 2.22. The summed E-state index contributed by atoms with van der Waals surface area (Å²) in [5.41, 5.74) is 13.1. The predicted octanol–water partition coefficient (Wildman–Crippen LogP) is 14.3. The highest BCUT2D eigenvalue weighted by atomic mass is 32.1. The number of hydrogen-bond acceptors (Lipinski definition) is 4. The van der Waals surface area contributed by atoms with E-state index in [4.69, 9.17) is 9.40 Å². The molecule has 0 unspecified atom stereocenters. The van der Waals surface area contributed by atoms with Crippen LogP contribution in [0.2, 0.25) is 0 Å². The van der Waals surface area contributed by atoms with E-state index in [9.17, 15) is 0 Å². The molecule has 2 aromatic heterocycles. The zero-order chi connectivity index (χ0) is 35.1. The lowest BCUT2D eigenvalue weighted by Gasteiger charge is -2.28. The van der Waals surface area contributed by atoms with Crippen LogP contribution in [0.4, 0.5) is 17.1 Å². The van der Waals surface area contributed by atoms with Gasteiger partial charge in [0.05, 0.1) is 16.1 Å². The van der Waals surface area contributed by atoms with Gasteiger partial charge in [0.1, 0.15) is 5.52 Å². The molecule has 0 amide bonds. The highest BCUT2D eigenvalue weighted by molar-refractivity contribution is 7.26. The SMILES string of the molecule is c1ccc(-c2ccc(-c3ccc(N(c4ccccc4-c4ccccc4)c4cccc5c4sc4cc6oc(-c7ccccc7)nc6cc45)cc3)cc2)cc1. The summed E-state index contributed by atoms with van der Waals surface area (Å²) in [5.74, 6) is 0.641. The highest BCUT2D eigenvalue weighted by Crippen LogP contribution is 2.48. The molecule has 53 heavy (non-hydrogen) atoms. The van der Waals surface area contributed by atoms with Gasteiger partial charge in [0.15, 0.2) is 5.58 Å². The number of para-hydroxylation sites is 1. The molecule has 0 radical (unpaired) electrons. The van der Waals surface area contributed by atoms with Crippen molar-refractivity contribution < 1.29 is 4.42 Å². The molecule has 250 valence electrons. The molecule has 0 atom stereocenters. The Morgan fingerprint density at radius 3 is 1.66 bits per heavy atom. The first-order valence-corrected chi connectivity index (χ1v) is 18.6. The number of fused-ring (bicyclic) bond motifs is 4. The summed E-state index contributed by atoms with van der Waals surface area (Å²) in [6.07, 6.45) is 0. The van der Waals surface area contributed by atoms with Crippen molar-refractivity contribution in [3.63, 3.8) is 0 Å². The summed E-state index contributed by atoms with van der Waals surface area (Å²) in [7, 11) is 0. The van der Waals surface area contributed by atoms with E-state index in [2.05, 4.69) is 169 Å². The van der Waals surface area contributed by atoms with E-state index in [0.29, 0.717) is 5.89 Å². The van der Waals surface area contributed by atoms with Crippen LogP contribution < -0.4 is 4.90 Å². The van der Waals surface area contributed by atoms with Crippen molar-refractivity contribution in [1.29, 1.82) is 0 Å². The summed E-state index contributed by atoms with van der Waals surface area (Å²) in [6.45, 7) is 0. The number of nitrogens with zero attached hydrogens (tertiary/aromatic N) is 2. The Kier molecular flexibility index (Phi) is 7.67. The molecule has 8 aromatic carbocycles. The van der Waals surface area contributed by atoms with Gasteiger partial charge in [-0.3, -0.25) is 0 Å². The van der Waals surface area contributed by atoms with E-state index >= 15 is 0 Å². The molecule has 3 nitrogen and oxygen atoms in total. The van der Waals surface area contributed by atoms with Crippen LogP contribution in [0.25, 0.3) is 76.1 Å². The smallest absolute Gasteiger partial charge is 0.227 e. The molecule has 0 bridgehead atoms. The Labute approximate surface area is 311 Å². The van der Waals surface area contributed by atoms with Gasteiger partial charge in [0.2, 0.25) is 5.89 Å². The summed E-state index contributed by atoms with van der Waals surface area (Å²) in [6, 6.07) is 68.8. The number of benzene rings is 8. The van der Waals surface area contributed by atoms with Gasteiger partial charge >= 0.3 is 0 Å². The van der Waals surface area contributed by atoms with Crippen LogP contribution in [0, 0.1) is 0 Å². The number of rotatable bonds is 7. The van der Waals surface area contributed by atoms with E-state index in [0.717, 1.165) is 33.7 Å². The van der Waals surface area contributed by atoms with Crippen molar-refractivity contribution in [1.82, 2.24) is 4.98 Å². The quantitative estimate of drug-likeness (QED) is 0.166. The Bertz CT molecular complexity index is 2860. The van der Waals surface area contributed by atoms with Gasteiger partial charge < -0.3 is 9.32 Å². The van der Waals surface area contributed by atoms with E-state index in [1.165, 1.54) is 53.6 Å². The second-order valence-corrected chi connectivity index (χ2v) is 14.2. The topological polar surface area (TPSA) is 29.3 Å². The Hall–Kier alpha value is -6.75. The zero-order valence-electron chi connectivity index (χ0n) is 28.7. The van der Waals surface area contributed by atoms with E-state index in [1.807, 2.05) is 30.3 Å². The third-order valence-corrected chi connectivity index (χ3v) is 11.1. The van der Waals surface area contributed by atoms with Crippen LogP contribution in [0.15, 0.2) is 199 Å². The number of thiophene rings is 1. The lowest BCUT2D eigenvalue weighted by atomic mass is 9.99. The van der Waals surface area contributed by atoms with Crippen molar-refractivity contribution in [2.75, 3.05) is 4.90 Å². The Balaban J connectivity index is 1.11. The minimum Gasteiger partial charge on any atom is -0.436 e. The molecule has 10 aromatic rings. The molecule has 10 rings (SSSR count). The molecule has 0 aliphatic rings. The maximum absolute atomic E-state index is 6.30. The lowest BCUT2D eigenvalue weighted by Crippen LogP contribution is -2.11. The van der Waals surface area contributed by atoms with Crippen LogP contribution in [0.5, 0.6) is 0 Å². The molecule has 0 saturated heterocycles. The Morgan fingerprint density at radius 2 is 0.981 bits per heavy atom. The van der Waals surface area contributed by atoms with Crippen LogP contribution in [-0.2, 0) is 0 Å². The van der Waals surface area contributed by atoms with Crippen LogP contribution in [0.3, 0.4) is 0 Å². The fraction of sp³-hybridized carbons (Fsp3) is 0. The standard InChI is InChI=1S/C49H32N2OS/c1-4-13-33(14-5-1)34-23-25-35(26-24-34)36-27-29-39(30-28-36)51(44-21-11-10-19-40(44)37-15-6-2-7-16-37)45-22-12-20-41-42-31-43-46(32-47(42)53-48(41)45)52-49(50-43)38-17-8-3-9-18-38/h1-32H. The van der Waals surface area contributed by atoms with Crippen molar-refractivity contribution in [3.8, 4) is 44.8 Å². The first kappa shape index (κ1) is 31.0. The van der Waals surface area contributed by atoms with Crippen molar-refractivity contribution >= 4 is 59.7 Å². The van der Waals surface area contributed by atoms with Gasteiger partial charge in [0.25, 0.3) is 0 Å². The first-order chi connectivity index (χ1) is 26.3. The van der Waals surface area contributed by atoms with Crippen molar-refractivity contribution in [2.24, 2.45) is 0 Å². The zero-order valence-corrected chi connectivity index (χ0v) is 29.5. The van der Waals surface area contributed by atoms with Crippen molar-refractivity contribution in [2.45, 2.75) is 0 Å². The molecule has 0 N–H and O–H groups in total. The maximum Gasteiger partial charge on any atom is 0.227 e. The van der Waals surface area contributed by atoms with Gasteiger partial charge in [-0.25, -0.2) is 4.98 Å². The average Bonchev–Trinajstić information content (AvgIpc) is 3.83. The van der Waals surface area contributed by atoms with Crippen molar-refractivity contribution in [3.05, 3.63) is 194 Å². The third-order valence-electron chi connectivity index (χ3n) is 9.93. The minimum absolute atomic E-state index is 0.641. The van der Waals surface area contributed by atoms with Gasteiger partial charge in [-0.1, -0.05) is 146 Å². The van der Waals surface area contributed by atoms with Gasteiger partial charge in [-0.2, -0.15) is 0 Å². The van der Waals surface area contributed by atoms with Gasteiger partial charge in [-0.05, 0) is 70.3 Å². The molecule has 2 heterocycles. The number of hydrogen-bond donors (Lipinski definition) is 0. The molecule has 0 aliphatic carbocycles. The van der Waals surface area contributed by atoms with Gasteiger partial charge in [-0.15, -0.1) is 11.3 Å². The molecular weight excluding hydrogens is 665 g/mol. The molecule has 0 fully saturated rings. The second kappa shape index (κ2) is 13.1. The lowest BCUT2D eigenvalue weighted by molar-refractivity contribution is 0.620. The number of aromatic nitrogens is 1. The van der Waals surface area contributed by atoms with Gasteiger partial charge in [0, 0.05) is 38.4 Å². The summed E-state index contributed by atoms with van der Waals surface area (Å²) >= 11 is 1.80. The predicted molar refractivity (Wildman–Crippen MR) is 223 cm³/mol. The average molecular weight is 697 g/mol. The maximum atomic E-state index is 6.30. The largest absolute Gasteiger partial charge is 0.436 e. The minimum atomic E-state index is 0.641. The fourth-order valence-corrected chi connectivity index (χ4v) is 8.53. The number of oxazole rings is 1. The van der Waals surface area contributed by atoms with Crippen LogP contribution in [0.1, 0.15) is 0 Å². The molecule has 4 heteroatoms. The van der Waals surface area contributed by atoms with E-state index in [1.54, 1.807) is 11.3 Å². The van der Waals surface area contributed by atoms with Crippen LogP contribution >= 0.6 is 11.3 Å². The summed E-state index contributed by atoms with van der Waals surface area (Å²) in [5, 5.41) is 2.38. The third kappa shape index (κ3) is 5.66.